The Bertz CT molecular complexity index is 776. The first-order chi connectivity index (χ1) is 9.06. The third-order valence-electron chi connectivity index (χ3n) is 3.01. The topological polar surface area (TPSA) is 56.7 Å². The van der Waals surface area contributed by atoms with E-state index in [0.717, 1.165) is 27.0 Å². The Balaban J connectivity index is 2.35. The molecule has 0 atom stereocenters. The summed E-state index contributed by atoms with van der Waals surface area (Å²) in [4.78, 5) is 8.89. The molecule has 3 aromatic rings. The molecular weight excluding hydrogens is 304 g/mol. The van der Waals surface area contributed by atoms with Crippen LogP contribution in [0, 0.1) is 13.8 Å². The van der Waals surface area contributed by atoms with Gasteiger partial charge >= 0.3 is 0 Å². The standard InChI is InChI=1S/C14H13BrN4/c1-8-3-6-12(10(15)7-8)19-13-11(18-14(19)16)5-4-9(2)17-13/h3-7H,1-2H3,(H2,16,18). The second-order valence-corrected chi connectivity index (χ2v) is 5.41. The first kappa shape index (κ1) is 12.2. The van der Waals surface area contributed by atoms with Gasteiger partial charge in [-0.05, 0) is 59.6 Å². The molecule has 96 valence electrons. The number of nitrogens with zero attached hydrogens (tertiary/aromatic N) is 3. The SMILES string of the molecule is Cc1ccc(-n2c(N)nc3ccc(C)nc32)c(Br)c1. The van der Waals surface area contributed by atoms with Gasteiger partial charge < -0.3 is 5.73 Å². The van der Waals surface area contributed by atoms with Gasteiger partial charge in [-0.1, -0.05) is 6.07 Å². The Hall–Kier alpha value is -1.88. The molecule has 3 rings (SSSR count). The van der Waals surface area contributed by atoms with Crippen LogP contribution in [0.15, 0.2) is 34.8 Å². The minimum Gasteiger partial charge on any atom is -0.369 e. The fraction of sp³-hybridized carbons (Fsp3) is 0.143. The summed E-state index contributed by atoms with van der Waals surface area (Å²) in [6.45, 7) is 4.00. The van der Waals surface area contributed by atoms with E-state index in [9.17, 15) is 0 Å². The number of aromatic nitrogens is 3. The van der Waals surface area contributed by atoms with Crippen molar-refractivity contribution in [2.24, 2.45) is 0 Å². The summed E-state index contributed by atoms with van der Waals surface area (Å²) in [5.74, 6) is 0.442. The van der Waals surface area contributed by atoms with Crippen LogP contribution in [0.25, 0.3) is 16.9 Å². The maximum absolute atomic E-state index is 6.03. The summed E-state index contributed by atoms with van der Waals surface area (Å²) in [6, 6.07) is 9.98. The molecule has 0 spiro atoms. The summed E-state index contributed by atoms with van der Waals surface area (Å²) in [6.07, 6.45) is 0. The van der Waals surface area contributed by atoms with E-state index in [4.69, 9.17) is 5.73 Å². The molecule has 0 radical (unpaired) electrons. The molecule has 0 fully saturated rings. The highest BCUT2D eigenvalue weighted by atomic mass is 79.9. The molecule has 0 saturated heterocycles. The van der Waals surface area contributed by atoms with Crippen LogP contribution in [0.1, 0.15) is 11.3 Å². The molecule has 4 nitrogen and oxygen atoms in total. The highest BCUT2D eigenvalue weighted by Gasteiger charge is 2.13. The van der Waals surface area contributed by atoms with Crippen molar-refractivity contribution < 1.29 is 0 Å². The third-order valence-corrected chi connectivity index (χ3v) is 3.65. The minimum absolute atomic E-state index is 0.442. The van der Waals surface area contributed by atoms with Crippen molar-refractivity contribution >= 4 is 33.0 Å². The average molecular weight is 317 g/mol. The van der Waals surface area contributed by atoms with Crippen LogP contribution in [0.3, 0.4) is 0 Å². The Morgan fingerprint density at radius 3 is 2.63 bits per heavy atom. The second-order valence-electron chi connectivity index (χ2n) is 4.56. The number of hydrogen-bond acceptors (Lipinski definition) is 3. The fourth-order valence-corrected chi connectivity index (χ4v) is 2.77. The molecule has 0 amide bonds. The largest absolute Gasteiger partial charge is 0.369 e. The number of benzene rings is 1. The minimum atomic E-state index is 0.442. The molecule has 2 aromatic heterocycles. The highest BCUT2D eigenvalue weighted by Crippen LogP contribution is 2.28. The number of imidazole rings is 1. The zero-order chi connectivity index (χ0) is 13.6. The zero-order valence-corrected chi connectivity index (χ0v) is 12.3. The molecular formula is C14H13BrN4. The van der Waals surface area contributed by atoms with Crippen LogP contribution in [-0.4, -0.2) is 14.5 Å². The van der Waals surface area contributed by atoms with Crippen LogP contribution in [-0.2, 0) is 0 Å². The van der Waals surface area contributed by atoms with Gasteiger partial charge in [0, 0.05) is 10.2 Å². The van der Waals surface area contributed by atoms with Crippen LogP contribution in [0.5, 0.6) is 0 Å². The van der Waals surface area contributed by atoms with Crippen LogP contribution < -0.4 is 5.73 Å². The normalized spacial score (nSPS) is 11.1. The maximum Gasteiger partial charge on any atom is 0.207 e. The van der Waals surface area contributed by atoms with Gasteiger partial charge in [0.25, 0.3) is 0 Å². The van der Waals surface area contributed by atoms with Crippen molar-refractivity contribution in [2.75, 3.05) is 5.73 Å². The van der Waals surface area contributed by atoms with E-state index in [1.54, 1.807) is 0 Å². The molecule has 0 unspecified atom stereocenters. The molecule has 0 aliphatic heterocycles. The van der Waals surface area contributed by atoms with E-state index < -0.39 is 0 Å². The van der Waals surface area contributed by atoms with Crippen molar-refractivity contribution in [3.8, 4) is 5.69 Å². The average Bonchev–Trinajstić information content (AvgIpc) is 2.65. The zero-order valence-electron chi connectivity index (χ0n) is 10.7. The van der Waals surface area contributed by atoms with Crippen molar-refractivity contribution in [1.82, 2.24) is 14.5 Å². The Kier molecular flexibility index (Phi) is 2.78. The van der Waals surface area contributed by atoms with Gasteiger partial charge in [0.2, 0.25) is 5.95 Å². The van der Waals surface area contributed by atoms with Gasteiger partial charge in [0.1, 0.15) is 5.52 Å². The quantitative estimate of drug-likeness (QED) is 0.748. The molecule has 2 heterocycles. The van der Waals surface area contributed by atoms with Crippen LogP contribution in [0.2, 0.25) is 0 Å². The predicted molar refractivity (Wildman–Crippen MR) is 80.5 cm³/mol. The Morgan fingerprint density at radius 1 is 1.11 bits per heavy atom. The molecule has 0 saturated carbocycles. The van der Waals surface area contributed by atoms with E-state index in [1.807, 2.05) is 42.7 Å². The Labute approximate surface area is 119 Å². The number of hydrogen-bond donors (Lipinski definition) is 1. The number of nitrogens with two attached hydrogens (primary N) is 1. The lowest BCUT2D eigenvalue weighted by molar-refractivity contribution is 1.06. The number of nitrogen functional groups attached to an aromatic ring is 1. The molecule has 1 aromatic carbocycles. The summed E-state index contributed by atoms with van der Waals surface area (Å²) in [5.41, 5.74) is 10.7. The number of aryl methyl sites for hydroxylation is 2. The summed E-state index contributed by atoms with van der Waals surface area (Å²) >= 11 is 3.57. The van der Waals surface area contributed by atoms with E-state index in [2.05, 4.69) is 32.0 Å². The second kappa shape index (κ2) is 4.35. The molecule has 19 heavy (non-hydrogen) atoms. The number of rotatable bonds is 1. The van der Waals surface area contributed by atoms with Gasteiger partial charge in [-0.15, -0.1) is 0 Å². The van der Waals surface area contributed by atoms with Gasteiger partial charge in [0.15, 0.2) is 5.65 Å². The summed E-state index contributed by atoms with van der Waals surface area (Å²) in [5, 5.41) is 0. The maximum atomic E-state index is 6.03. The van der Waals surface area contributed by atoms with Gasteiger partial charge in [-0.3, -0.25) is 4.57 Å². The van der Waals surface area contributed by atoms with E-state index in [0.29, 0.717) is 5.95 Å². The Morgan fingerprint density at radius 2 is 1.89 bits per heavy atom. The highest BCUT2D eigenvalue weighted by molar-refractivity contribution is 9.10. The first-order valence-electron chi connectivity index (χ1n) is 5.94. The lowest BCUT2D eigenvalue weighted by Crippen LogP contribution is -2.02. The van der Waals surface area contributed by atoms with Crippen molar-refractivity contribution in [2.45, 2.75) is 13.8 Å². The van der Waals surface area contributed by atoms with Gasteiger partial charge in [-0.2, -0.15) is 0 Å². The molecule has 0 bridgehead atoms. The number of fused-ring (bicyclic) bond motifs is 1. The summed E-state index contributed by atoms with van der Waals surface area (Å²) < 4.78 is 2.84. The van der Waals surface area contributed by atoms with Gasteiger partial charge in [0.05, 0.1) is 5.69 Å². The lowest BCUT2D eigenvalue weighted by Gasteiger charge is -2.09. The molecule has 2 N–H and O–H groups in total. The van der Waals surface area contributed by atoms with Gasteiger partial charge in [-0.25, -0.2) is 9.97 Å². The summed E-state index contributed by atoms with van der Waals surface area (Å²) in [7, 11) is 0. The number of anilines is 1. The number of pyridine rings is 1. The number of halogens is 1. The van der Waals surface area contributed by atoms with Crippen LogP contribution >= 0.6 is 15.9 Å². The molecule has 5 heteroatoms. The van der Waals surface area contributed by atoms with E-state index >= 15 is 0 Å². The first-order valence-corrected chi connectivity index (χ1v) is 6.73. The monoisotopic (exact) mass is 316 g/mol. The predicted octanol–water partition coefficient (Wildman–Crippen LogP) is 3.38. The fourth-order valence-electron chi connectivity index (χ4n) is 2.10. The third kappa shape index (κ3) is 2.00. The molecule has 0 aliphatic carbocycles. The van der Waals surface area contributed by atoms with Crippen molar-refractivity contribution in [1.29, 1.82) is 0 Å². The smallest absolute Gasteiger partial charge is 0.207 e. The van der Waals surface area contributed by atoms with Crippen LogP contribution in [0.4, 0.5) is 5.95 Å². The van der Waals surface area contributed by atoms with Crippen molar-refractivity contribution in [3.05, 3.63) is 46.1 Å². The van der Waals surface area contributed by atoms with E-state index in [-0.39, 0.29) is 0 Å². The molecule has 0 aliphatic rings. The van der Waals surface area contributed by atoms with E-state index in [1.165, 1.54) is 5.56 Å². The lowest BCUT2D eigenvalue weighted by atomic mass is 10.2. The van der Waals surface area contributed by atoms with Crippen molar-refractivity contribution in [3.63, 3.8) is 0 Å².